The zero-order valence-corrected chi connectivity index (χ0v) is 21.9. The molecule has 1 unspecified atom stereocenters. The van der Waals surface area contributed by atoms with Gasteiger partial charge in [-0.05, 0) is 86.0 Å². The van der Waals surface area contributed by atoms with Crippen LogP contribution in [0.4, 0.5) is 0 Å². The van der Waals surface area contributed by atoms with Gasteiger partial charge in [0.2, 0.25) is 0 Å². The van der Waals surface area contributed by atoms with Gasteiger partial charge in [-0.3, -0.25) is 9.11 Å². The van der Waals surface area contributed by atoms with Crippen molar-refractivity contribution in [1.29, 1.82) is 0 Å². The van der Waals surface area contributed by atoms with Gasteiger partial charge in [0.25, 0.3) is 0 Å². The fourth-order valence-corrected chi connectivity index (χ4v) is 6.66. The van der Waals surface area contributed by atoms with Crippen molar-refractivity contribution in [3.63, 3.8) is 0 Å². The average molecular weight is 507 g/mol. The quantitative estimate of drug-likeness (QED) is 0.289. The Morgan fingerprint density at radius 2 is 1.74 bits per heavy atom. The van der Waals surface area contributed by atoms with Crippen LogP contribution in [0.3, 0.4) is 0 Å². The van der Waals surface area contributed by atoms with Crippen molar-refractivity contribution in [2.45, 2.75) is 104 Å². The van der Waals surface area contributed by atoms with Gasteiger partial charge in [-0.25, -0.2) is 0 Å². The van der Waals surface area contributed by atoms with Crippen LogP contribution in [0.1, 0.15) is 98.3 Å². The molecule has 0 aromatic rings. The summed E-state index contributed by atoms with van der Waals surface area (Å²) in [5, 5.41) is 10.0. The van der Waals surface area contributed by atoms with E-state index in [0.29, 0.717) is 5.41 Å². The van der Waals surface area contributed by atoms with Crippen LogP contribution >= 0.6 is 0 Å². The number of hydrogen-bond acceptors (Lipinski definition) is 3. The molecular formula is C27H47NaO5S. The van der Waals surface area contributed by atoms with E-state index in [1.165, 1.54) is 62.5 Å². The van der Waals surface area contributed by atoms with Gasteiger partial charge in [0, 0.05) is 0 Å². The third-order valence-corrected chi connectivity index (χ3v) is 8.35. The maximum atomic E-state index is 10.0. The molecule has 7 heteroatoms. The molecule has 3 saturated carbocycles. The Kier molecular flexibility index (Phi) is 13.3. The maximum absolute atomic E-state index is 10.0. The molecule has 0 radical (unpaired) electrons. The Hall–Kier alpha value is 0.0500. The Balaban J connectivity index is 0.000000873. The minimum absolute atomic E-state index is 0. The van der Waals surface area contributed by atoms with E-state index < -0.39 is 10.4 Å². The Labute approximate surface area is 230 Å². The molecule has 0 spiro atoms. The molecule has 0 aliphatic heterocycles. The van der Waals surface area contributed by atoms with Gasteiger partial charge < -0.3 is 5.11 Å². The van der Waals surface area contributed by atoms with E-state index in [1.54, 1.807) is 5.57 Å². The first-order valence-electron chi connectivity index (χ1n) is 12.8. The fraction of sp³-hybridized carbons (Fsp3) is 0.778. The third-order valence-electron chi connectivity index (χ3n) is 8.35. The Morgan fingerprint density at radius 3 is 2.35 bits per heavy atom. The molecular weight excluding hydrogens is 459 g/mol. The van der Waals surface area contributed by atoms with Crippen LogP contribution in [-0.2, 0) is 10.4 Å². The SMILES string of the molecule is C=C1CC[C@H](O)C/C1=C\C=C1/CCC[C@]2(C)[C@@H](C(C)CCCC(C)C)CC[C@@H]12.O=S(=O)(O)O.[NaH]. The number of allylic oxidation sites excluding steroid dienone is 4. The normalized spacial score (nSPS) is 32.7. The predicted molar refractivity (Wildman–Crippen MR) is 143 cm³/mol. The molecule has 34 heavy (non-hydrogen) atoms. The molecule has 3 N–H and O–H groups in total. The summed E-state index contributed by atoms with van der Waals surface area (Å²) >= 11 is 0. The summed E-state index contributed by atoms with van der Waals surface area (Å²) in [6.45, 7) is 14.1. The fourth-order valence-electron chi connectivity index (χ4n) is 6.66. The monoisotopic (exact) mass is 506 g/mol. The zero-order valence-electron chi connectivity index (χ0n) is 21.1. The molecule has 3 rings (SSSR count). The summed E-state index contributed by atoms with van der Waals surface area (Å²) in [6, 6.07) is 0. The zero-order chi connectivity index (χ0) is 24.8. The molecule has 3 aliphatic carbocycles. The van der Waals surface area contributed by atoms with E-state index in [9.17, 15) is 5.11 Å². The summed E-state index contributed by atoms with van der Waals surface area (Å²) in [5.74, 6) is 3.37. The summed E-state index contributed by atoms with van der Waals surface area (Å²) in [7, 11) is -4.67. The van der Waals surface area contributed by atoms with Crippen LogP contribution < -0.4 is 0 Å². The van der Waals surface area contributed by atoms with E-state index in [0.717, 1.165) is 42.9 Å². The van der Waals surface area contributed by atoms with E-state index in [-0.39, 0.29) is 35.7 Å². The molecule has 192 valence electrons. The number of aliphatic hydroxyl groups excluding tert-OH is 1. The van der Waals surface area contributed by atoms with Gasteiger partial charge in [0.05, 0.1) is 6.10 Å². The first-order valence-corrected chi connectivity index (χ1v) is 14.2. The van der Waals surface area contributed by atoms with Crippen LogP contribution in [0.2, 0.25) is 0 Å². The van der Waals surface area contributed by atoms with Crippen molar-refractivity contribution in [2.75, 3.05) is 0 Å². The molecule has 0 aromatic heterocycles. The van der Waals surface area contributed by atoms with E-state index >= 15 is 0 Å². The molecule has 5 nitrogen and oxygen atoms in total. The van der Waals surface area contributed by atoms with Crippen LogP contribution in [-0.4, -0.2) is 58.3 Å². The standard InChI is InChI=1S/C27H44O.Na.H2O4S.H/c1-19(2)8-6-9-21(4)25-15-16-26-22(10-7-17-27(25,26)5)12-13-23-18-24(28)14-11-20(23)3;;1-5(2,3)4;/h12-13,19,21,24-26,28H,3,6-11,14-18H2,1-2,4-5H3;;(H2,1,2,3,4);/b22-12+,23-13+;;;/t21?,24-,25+,26-,27+;;;/m0.../s1. The van der Waals surface area contributed by atoms with Gasteiger partial charge in [0.1, 0.15) is 0 Å². The predicted octanol–water partition coefficient (Wildman–Crippen LogP) is 6.32. The van der Waals surface area contributed by atoms with Crippen LogP contribution in [0.15, 0.2) is 35.5 Å². The summed E-state index contributed by atoms with van der Waals surface area (Å²) < 4.78 is 31.6. The summed E-state index contributed by atoms with van der Waals surface area (Å²) in [6.07, 6.45) is 18.2. The van der Waals surface area contributed by atoms with Gasteiger partial charge in [-0.2, -0.15) is 8.42 Å². The van der Waals surface area contributed by atoms with Crippen LogP contribution in [0.5, 0.6) is 0 Å². The number of hydrogen-bond donors (Lipinski definition) is 3. The van der Waals surface area contributed by atoms with Gasteiger partial charge in [0.15, 0.2) is 0 Å². The molecule has 0 heterocycles. The van der Waals surface area contributed by atoms with Crippen molar-refractivity contribution in [2.24, 2.45) is 29.1 Å². The number of fused-ring (bicyclic) bond motifs is 1. The van der Waals surface area contributed by atoms with Crippen molar-refractivity contribution in [1.82, 2.24) is 0 Å². The topological polar surface area (TPSA) is 94.8 Å². The molecule has 0 bridgehead atoms. The van der Waals surface area contributed by atoms with Crippen molar-refractivity contribution < 1.29 is 22.6 Å². The van der Waals surface area contributed by atoms with Crippen molar-refractivity contribution in [3.8, 4) is 0 Å². The second-order valence-corrected chi connectivity index (χ2v) is 12.2. The Bertz CT molecular complexity index is 824. The number of aliphatic hydroxyl groups is 1. The third kappa shape index (κ3) is 9.84. The minimum atomic E-state index is -4.67. The van der Waals surface area contributed by atoms with E-state index in [1.807, 2.05) is 0 Å². The second-order valence-electron chi connectivity index (χ2n) is 11.3. The van der Waals surface area contributed by atoms with E-state index in [4.69, 9.17) is 17.5 Å². The van der Waals surface area contributed by atoms with Crippen molar-refractivity contribution in [3.05, 3.63) is 35.5 Å². The first kappa shape index (κ1) is 32.1. The summed E-state index contributed by atoms with van der Waals surface area (Å²) in [4.78, 5) is 0. The van der Waals surface area contributed by atoms with Gasteiger partial charge in [-0.15, -0.1) is 0 Å². The first-order chi connectivity index (χ1) is 15.3. The number of rotatable bonds is 6. The molecule has 0 amide bonds. The van der Waals surface area contributed by atoms with Gasteiger partial charge >= 0.3 is 40.0 Å². The molecule has 0 aromatic carbocycles. The average Bonchev–Trinajstić information content (AvgIpc) is 3.04. The van der Waals surface area contributed by atoms with Crippen LogP contribution in [0.25, 0.3) is 0 Å². The van der Waals surface area contributed by atoms with E-state index in [2.05, 4.69) is 46.4 Å². The molecule has 3 aliphatic rings. The van der Waals surface area contributed by atoms with Gasteiger partial charge in [-0.1, -0.05) is 76.8 Å². The van der Waals surface area contributed by atoms with Crippen LogP contribution in [0, 0.1) is 29.1 Å². The molecule has 5 atom stereocenters. The van der Waals surface area contributed by atoms with Crippen molar-refractivity contribution >= 4 is 40.0 Å². The Morgan fingerprint density at radius 1 is 1.09 bits per heavy atom. The second kappa shape index (κ2) is 14.1. The summed E-state index contributed by atoms with van der Waals surface area (Å²) in [5.41, 5.74) is 4.72. The molecule has 3 fully saturated rings. The molecule has 0 saturated heterocycles.